The Balaban J connectivity index is 2.13. The van der Waals surface area contributed by atoms with E-state index in [9.17, 15) is 19.8 Å². The van der Waals surface area contributed by atoms with Gasteiger partial charge in [0.1, 0.15) is 11.5 Å². The molecule has 0 spiro atoms. The Morgan fingerprint density at radius 3 is 1.18 bits per heavy atom. The van der Waals surface area contributed by atoms with Gasteiger partial charge in [-0.05, 0) is 23.0 Å². The van der Waals surface area contributed by atoms with E-state index >= 15 is 0 Å². The van der Waals surface area contributed by atoms with Gasteiger partial charge >= 0.3 is 0 Å². The minimum atomic E-state index is -0.907. The Morgan fingerprint density at radius 1 is 0.643 bits per heavy atom. The van der Waals surface area contributed by atoms with E-state index < -0.39 is 11.6 Å². The molecule has 0 aliphatic carbocycles. The van der Waals surface area contributed by atoms with E-state index in [2.05, 4.69) is 27.7 Å². The molecule has 0 atom stereocenters. The van der Waals surface area contributed by atoms with Gasteiger partial charge in [0.2, 0.25) is 11.6 Å². The molecule has 0 saturated carbocycles. The van der Waals surface area contributed by atoms with Gasteiger partial charge in [0.25, 0.3) is 0 Å². The van der Waals surface area contributed by atoms with Crippen LogP contribution in [0.3, 0.4) is 0 Å². The number of carbonyl (C=O) groups excluding carboxylic acids is 2. The number of rotatable bonds is 7. The van der Waals surface area contributed by atoms with Crippen molar-refractivity contribution >= 4 is 23.1 Å². The maximum Gasteiger partial charge on any atom is 0.229 e. The number of aliphatic hydroxyl groups is 2. The van der Waals surface area contributed by atoms with Crippen LogP contribution in [0.25, 0.3) is 11.5 Å². The van der Waals surface area contributed by atoms with Crippen molar-refractivity contribution in [3.63, 3.8) is 0 Å². The summed E-state index contributed by atoms with van der Waals surface area (Å²) in [6.07, 6.45) is 1.75. The second-order valence-corrected chi connectivity index (χ2v) is 7.34. The van der Waals surface area contributed by atoms with Gasteiger partial charge in [0.15, 0.2) is 0 Å². The molecule has 0 radical (unpaired) electrons. The molecule has 0 aromatic heterocycles. The number of ketones is 2. The van der Waals surface area contributed by atoms with Crippen LogP contribution >= 0.6 is 0 Å². The van der Waals surface area contributed by atoms with Crippen molar-refractivity contribution in [2.75, 3.05) is 0 Å². The van der Waals surface area contributed by atoms with Crippen molar-refractivity contribution in [3.05, 3.63) is 82.9 Å². The summed E-state index contributed by atoms with van der Waals surface area (Å²) in [6.45, 7) is 8.23. The maximum atomic E-state index is 12.1. The highest BCUT2D eigenvalue weighted by Crippen LogP contribution is 2.19. The minimum absolute atomic E-state index is 0.289. The largest absolute Gasteiger partial charge is 0.507 e. The third-order valence-corrected chi connectivity index (χ3v) is 4.52. The van der Waals surface area contributed by atoms with Crippen molar-refractivity contribution in [1.82, 2.24) is 0 Å². The first-order chi connectivity index (χ1) is 13.2. The molecule has 0 aliphatic heterocycles. The lowest BCUT2D eigenvalue weighted by Gasteiger charge is -2.06. The molecule has 0 unspecified atom stereocenters. The summed E-state index contributed by atoms with van der Waals surface area (Å²) < 4.78 is 0. The van der Waals surface area contributed by atoms with Crippen molar-refractivity contribution in [3.8, 4) is 0 Å². The number of hydrogen-bond acceptors (Lipinski definition) is 4. The van der Waals surface area contributed by atoms with Gasteiger partial charge in [-0.2, -0.15) is 0 Å². The predicted octanol–water partition coefficient (Wildman–Crippen LogP) is 5.57. The van der Waals surface area contributed by atoms with Crippen LogP contribution in [0, 0.1) is 0 Å². The quantitative estimate of drug-likeness (QED) is 0.375. The summed E-state index contributed by atoms with van der Waals surface area (Å²) >= 11 is 0. The van der Waals surface area contributed by atoms with Crippen LogP contribution in [-0.4, -0.2) is 21.8 Å². The van der Waals surface area contributed by atoms with E-state index in [0.717, 1.165) is 23.3 Å². The van der Waals surface area contributed by atoms with Crippen molar-refractivity contribution < 1.29 is 19.8 Å². The zero-order valence-corrected chi connectivity index (χ0v) is 16.6. The van der Waals surface area contributed by atoms with E-state index in [1.54, 1.807) is 24.3 Å². The first-order valence-corrected chi connectivity index (χ1v) is 9.29. The average Bonchev–Trinajstić information content (AvgIpc) is 2.67. The molecule has 4 heteroatoms. The summed E-state index contributed by atoms with van der Waals surface area (Å²) in [5.41, 5.74) is 3.11. The monoisotopic (exact) mass is 378 g/mol. The van der Waals surface area contributed by atoms with Crippen molar-refractivity contribution in [2.45, 2.75) is 39.5 Å². The molecule has 2 rings (SSSR count). The summed E-state index contributed by atoms with van der Waals surface area (Å²) in [4.78, 5) is 24.1. The second kappa shape index (κ2) is 9.18. The lowest BCUT2D eigenvalue weighted by molar-refractivity contribution is -0.130. The zero-order chi connectivity index (χ0) is 20.8. The number of aliphatic hydroxyl groups excluding tert-OH is 2. The van der Waals surface area contributed by atoms with E-state index in [0.29, 0.717) is 23.0 Å². The molecule has 0 amide bonds. The van der Waals surface area contributed by atoms with Gasteiger partial charge in [-0.15, -0.1) is 0 Å². The molecular weight excluding hydrogens is 352 g/mol. The van der Waals surface area contributed by atoms with Crippen LogP contribution in [0.2, 0.25) is 0 Å². The highest BCUT2D eigenvalue weighted by atomic mass is 16.3. The average molecular weight is 378 g/mol. The SMILES string of the molecule is CC(C)c1ccc(C(O)=CC(=O)C(=O)C=C(O)c2ccc(C(C)C)cc2)cc1. The van der Waals surface area contributed by atoms with Gasteiger partial charge in [0, 0.05) is 23.3 Å². The molecule has 0 heterocycles. The minimum Gasteiger partial charge on any atom is -0.507 e. The van der Waals surface area contributed by atoms with Gasteiger partial charge < -0.3 is 10.2 Å². The Labute approximate surface area is 165 Å². The van der Waals surface area contributed by atoms with Crippen LogP contribution in [0.5, 0.6) is 0 Å². The van der Waals surface area contributed by atoms with Crippen LogP contribution < -0.4 is 0 Å². The fourth-order valence-electron chi connectivity index (χ4n) is 2.63. The molecule has 0 aliphatic rings. The number of hydrogen-bond donors (Lipinski definition) is 2. The Hall–Kier alpha value is -3.14. The Morgan fingerprint density at radius 2 is 0.929 bits per heavy atom. The first kappa shape index (κ1) is 21.2. The van der Waals surface area contributed by atoms with Crippen LogP contribution in [0.4, 0.5) is 0 Å². The highest BCUT2D eigenvalue weighted by Gasteiger charge is 2.13. The summed E-state index contributed by atoms with van der Waals surface area (Å²) in [7, 11) is 0. The molecule has 2 N–H and O–H groups in total. The molecule has 2 aromatic carbocycles. The Kier molecular flexibility index (Phi) is 6.94. The number of benzene rings is 2. The fraction of sp³-hybridized carbons (Fsp3) is 0.250. The van der Waals surface area contributed by atoms with Gasteiger partial charge in [-0.3, -0.25) is 9.59 Å². The lowest BCUT2D eigenvalue weighted by Crippen LogP contribution is -2.09. The van der Waals surface area contributed by atoms with E-state index in [1.165, 1.54) is 0 Å². The second-order valence-electron chi connectivity index (χ2n) is 7.34. The standard InChI is InChI=1S/C24H26O4/c1-15(2)17-5-9-19(10-6-17)21(25)13-23(27)24(28)14-22(26)20-11-7-18(8-12-20)16(3)4/h5-16,25-26H,1-4H3. The Bertz CT molecular complexity index is 821. The van der Waals surface area contributed by atoms with Crippen molar-refractivity contribution in [1.29, 1.82) is 0 Å². The number of carbonyl (C=O) groups is 2. The summed E-state index contributed by atoms with van der Waals surface area (Å²) in [5.74, 6) is -1.69. The van der Waals surface area contributed by atoms with E-state index in [4.69, 9.17) is 0 Å². The topological polar surface area (TPSA) is 74.6 Å². The fourth-order valence-corrected chi connectivity index (χ4v) is 2.63. The van der Waals surface area contributed by atoms with Crippen molar-refractivity contribution in [2.24, 2.45) is 0 Å². The predicted molar refractivity (Wildman–Crippen MR) is 112 cm³/mol. The molecule has 2 aromatic rings. The third kappa shape index (κ3) is 5.43. The third-order valence-electron chi connectivity index (χ3n) is 4.52. The molecule has 0 fully saturated rings. The molecule has 0 saturated heterocycles. The highest BCUT2D eigenvalue weighted by molar-refractivity contribution is 6.47. The van der Waals surface area contributed by atoms with Crippen LogP contribution in [0.15, 0.2) is 60.7 Å². The summed E-state index contributed by atoms with van der Waals surface area (Å²) in [6, 6.07) is 14.2. The zero-order valence-electron chi connectivity index (χ0n) is 16.6. The maximum absolute atomic E-state index is 12.1. The van der Waals surface area contributed by atoms with Gasteiger partial charge in [-0.1, -0.05) is 76.2 Å². The lowest BCUT2D eigenvalue weighted by atomic mass is 10.0. The van der Waals surface area contributed by atoms with Crippen LogP contribution in [-0.2, 0) is 9.59 Å². The molecule has 0 bridgehead atoms. The molecule has 4 nitrogen and oxygen atoms in total. The smallest absolute Gasteiger partial charge is 0.229 e. The molecular formula is C24H26O4. The van der Waals surface area contributed by atoms with Gasteiger partial charge in [-0.25, -0.2) is 0 Å². The first-order valence-electron chi connectivity index (χ1n) is 9.29. The van der Waals surface area contributed by atoms with Gasteiger partial charge in [0.05, 0.1) is 0 Å². The molecule has 28 heavy (non-hydrogen) atoms. The number of allylic oxidation sites excluding steroid dienone is 2. The molecule has 146 valence electrons. The summed E-state index contributed by atoms with van der Waals surface area (Å²) in [5, 5.41) is 20.2. The normalized spacial score (nSPS) is 12.5. The van der Waals surface area contributed by atoms with Crippen LogP contribution in [0.1, 0.15) is 61.8 Å². The van der Waals surface area contributed by atoms with E-state index in [1.807, 2.05) is 24.3 Å². The van der Waals surface area contributed by atoms with E-state index in [-0.39, 0.29) is 11.5 Å².